The minimum Gasteiger partial charge on any atom is -0.508 e. The fraction of sp³-hybridized carbons (Fsp3) is 0.321. The van der Waals surface area contributed by atoms with Gasteiger partial charge in [0.25, 0.3) is 0 Å². The van der Waals surface area contributed by atoms with E-state index in [9.17, 15) is 20.1 Å². The predicted octanol–water partition coefficient (Wildman–Crippen LogP) is 4.56. The number of β-amino-alcohol motifs (C(OH)–C–C–N with tert-alkyl or cyclic N) is 1. The number of aliphatic hydroxyl groups excluding tert-OH is 1. The van der Waals surface area contributed by atoms with Gasteiger partial charge < -0.3 is 26.0 Å². The Hall–Kier alpha value is -3.06. The molecule has 3 aromatic carbocycles. The number of carbonyl (C=O) groups excluding carboxylic acids is 1. The van der Waals surface area contributed by atoms with Crippen LogP contribution in [0.25, 0.3) is 0 Å². The molecule has 3 rings (SSSR count). The van der Waals surface area contributed by atoms with Crippen LogP contribution in [-0.2, 0) is 24.2 Å². The molecule has 0 aliphatic carbocycles. The molecule has 0 spiro atoms. The van der Waals surface area contributed by atoms with Crippen LogP contribution in [-0.4, -0.2) is 33.3 Å². The molecule has 0 saturated carbocycles. The summed E-state index contributed by atoms with van der Waals surface area (Å²) in [5.41, 5.74) is 4.05. The summed E-state index contributed by atoms with van der Waals surface area (Å²) in [5, 5.41) is 36.7. The van der Waals surface area contributed by atoms with Crippen molar-refractivity contribution in [2.45, 2.75) is 51.8 Å². The molecule has 0 aromatic heterocycles. The van der Waals surface area contributed by atoms with Crippen LogP contribution >= 0.6 is 11.6 Å². The van der Waals surface area contributed by atoms with Crippen LogP contribution in [0.1, 0.15) is 47.8 Å². The van der Waals surface area contributed by atoms with Gasteiger partial charge in [-0.2, -0.15) is 0 Å². The van der Waals surface area contributed by atoms with Gasteiger partial charge in [0.2, 0.25) is 5.91 Å². The third-order valence-electron chi connectivity index (χ3n) is 5.81. The molecule has 6 nitrogen and oxygen atoms in total. The van der Waals surface area contributed by atoms with Crippen LogP contribution in [0.3, 0.4) is 0 Å². The number of phenolic OH excluding ortho intramolecular Hbond substituents is 2. The molecule has 35 heavy (non-hydrogen) atoms. The third kappa shape index (κ3) is 8.28. The van der Waals surface area contributed by atoms with Gasteiger partial charge in [-0.1, -0.05) is 48.0 Å². The van der Waals surface area contributed by atoms with E-state index in [4.69, 9.17) is 11.6 Å². The lowest BCUT2D eigenvalue weighted by molar-refractivity contribution is -0.120. The van der Waals surface area contributed by atoms with Crippen molar-refractivity contribution >= 4 is 17.5 Å². The molecule has 7 heteroatoms. The monoisotopic (exact) mass is 496 g/mol. The molecule has 5 N–H and O–H groups in total. The van der Waals surface area contributed by atoms with Gasteiger partial charge in [0.15, 0.2) is 0 Å². The van der Waals surface area contributed by atoms with Gasteiger partial charge >= 0.3 is 0 Å². The second kappa shape index (κ2) is 11.6. The number of hydrogen-bond acceptors (Lipinski definition) is 5. The maximum atomic E-state index is 12.5. The Kier molecular flexibility index (Phi) is 8.78. The molecule has 0 bridgehead atoms. The first-order valence-electron chi connectivity index (χ1n) is 11.6. The van der Waals surface area contributed by atoms with Crippen LogP contribution < -0.4 is 10.6 Å². The van der Waals surface area contributed by atoms with E-state index in [-0.39, 0.29) is 35.9 Å². The van der Waals surface area contributed by atoms with Gasteiger partial charge in [0.1, 0.15) is 11.5 Å². The van der Waals surface area contributed by atoms with Crippen LogP contribution in [0.15, 0.2) is 60.7 Å². The van der Waals surface area contributed by atoms with E-state index in [1.807, 2.05) is 63.2 Å². The van der Waals surface area contributed by atoms with E-state index in [0.29, 0.717) is 23.6 Å². The number of carbonyl (C=O) groups is 1. The van der Waals surface area contributed by atoms with E-state index < -0.39 is 6.10 Å². The van der Waals surface area contributed by atoms with Crippen molar-refractivity contribution in [1.82, 2.24) is 10.6 Å². The summed E-state index contributed by atoms with van der Waals surface area (Å²) >= 11 is 6.16. The molecule has 0 aliphatic rings. The van der Waals surface area contributed by atoms with Crippen LogP contribution in [0.4, 0.5) is 0 Å². The zero-order valence-corrected chi connectivity index (χ0v) is 21.1. The fourth-order valence-corrected chi connectivity index (χ4v) is 4.12. The lowest BCUT2D eigenvalue weighted by Crippen LogP contribution is -2.43. The van der Waals surface area contributed by atoms with Gasteiger partial charge in [-0.25, -0.2) is 0 Å². The van der Waals surface area contributed by atoms with Crippen LogP contribution in [0.2, 0.25) is 5.02 Å². The Morgan fingerprint density at radius 3 is 2.34 bits per heavy atom. The van der Waals surface area contributed by atoms with E-state index in [2.05, 4.69) is 10.6 Å². The highest BCUT2D eigenvalue weighted by Gasteiger charge is 2.20. The zero-order chi connectivity index (χ0) is 25.6. The zero-order valence-electron chi connectivity index (χ0n) is 20.3. The lowest BCUT2D eigenvalue weighted by Gasteiger charge is -2.28. The van der Waals surface area contributed by atoms with Crippen molar-refractivity contribution < 1.29 is 20.1 Å². The van der Waals surface area contributed by atoms with Crippen molar-refractivity contribution in [1.29, 1.82) is 0 Å². The maximum absolute atomic E-state index is 12.5. The molecule has 0 fully saturated rings. The van der Waals surface area contributed by atoms with E-state index >= 15 is 0 Å². The minimum absolute atomic E-state index is 0.0614. The molecule has 0 radical (unpaired) electrons. The summed E-state index contributed by atoms with van der Waals surface area (Å²) in [6.45, 7) is 6.69. The minimum atomic E-state index is -0.884. The average molecular weight is 497 g/mol. The Morgan fingerprint density at radius 2 is 1.66 bits per heavy atom. The second-order valence-electron chi connectivity index (χ2n) is 9.60. The summed E-state index contributed by atoms with van der Waals surface area (Å²) < 4.78 is 0. The molecule has 0 aliphatic heterocycles. The Labute approximate surface area is 211 Å². The highest BCUT2D eigenvalue weighted by Crippen LogP contribution is 2.25. The lowest BCUT2D eigenvalue weighted by atomic mass is 9.93. The third-order valence-corrected chi connectivity index (χ3v) is 6.22. The maximum Gasteiger partial charge on any atom is 0.224 e. The van der Waals surface area contributed by atoms with E-state index in [1.165, 1.54) is 18.2 Å². The summed E-state index contributed by atoms with van der Waals surface area (Å²) in [7, 11) is 0. The first-order valence-corrected chi connectivity index (χ1v) is 11.9. The Balaban J connectivity index is 1.53. The van der Waals surface area contributed by atoms with E-state index in [1.54, 1.807) is 0 Å². The number of benzene rings is 3. The number of phenols is 2. The summed E-state index contributed by atoms with van der Waals surface area (Å²) in [4.78, 5) is 12.5. The van der Waals surface area contributed by atoms with Crippen molar-refractivity contribution in [2.75, 3.05) is 6.54 Å². The first kappa shape index (κ1) is 26.5. The van der Waals surface area contributed by atoms with Crippen molar-refractivity contribution in [2.24, 2.45) is 0 Å². The Bertz CT molecular complexity index is 1160. The molecular weight excluding hydrogens is 464 g/mol. The standard InChI is InChI=1S/C28H33ClN2O4/c1-18-7-8-21(10-25(18)29)16-30-27(35)11-19-5-4-6-20(9-19)15-28(2,3)31-17-26(34)22-12-23(32)14-24(33)13-22/h4-10,12-14,26,31-34H,11,15-17H2,1-3H3,(H,30,35)/t26-/m0/s1. The number of hydrogen-bond donors (Lipinski definition) is 5. The quantitative estimate of drug-likeness (QED) is 0.283. The van der Waals surface area contributed by atoms with Gasteiger partial charge in [0, 0.05) is 29.7 Å². The molecule has 186 valence electrons. The summed E-state index contributed by atoms with van der Waals surface area (Å²) in [6.07, 6.45) is 0.0780. The van der Waals surface area contributed by atoms with Gasteiger partial charge in [-0.05, 0) is 73.2 Å². The topological polar surface area (TPSA) is 102 Å². The predicted molar refractivity (Wildman–Crippen MR) is 139 cm³/mol. The number of halogens is 1. The smallest absolute Gasteiger partial charge is 0.224 e. The average Bonchev–Trinajstić information content (AvgIpc) is 2.77. The molecule has 0 heterocycles. The number of aryl methyl sites for hydroxylation is 1. The van der Waals surface area contributed by atoms with Gasteiger partial charge in [-0.3, -0.25) is 4.79 Å². The number of nitrogens with one attached hydrogen (secondary N) is 2. The van der Waals surface area contributed by atoms with Gasteiger partial charge in [0.05, 0.1) is 12.5 Å². The van der Waals surface area contributed by atoms with E-state index in [0.717, 1.165) is 22.3 Å². The molecule has 3 aromatic rings. The largest absolute Gasteiger partial charge is 0.508 e. The van der Waals surface area contributed by atoms with Crippen molar-refractivity contribution in [3.05, 3.63) is 93.5 Å². The molecular formula is C28H33ClN2O4. The summed E-state index contributed by atoms with van der Waals surface area (Å²) in [6, 6.07) is 17.8. The molecule has 1 atom stereocenters. The fourth-order valence-electron chi connectivity index (χ4n) is 3.92. The Morgan fingerprint density at radius 1 is 0.971 bits per heavy atom. The highest BCUT2D eigenvalue weighted by molar-refractivity contribution is 6.31. The van der Waals surface area contributed by atoms with Crippen molar-refractivity contribution in [3.8, 4) is 11.5 Å². The first-order chi connectivity index (χ1) is 16.5. The van der Waals surface area contributed by atoms with Crippen molar-refractivity contribution in [3.63, 3.8) is 0 Å². The summed E-state index contributed by atoms with van der Waals surface area (Å²) in [5.74, 6) is -0.252. The molecule has 1 amide bonds. The normalized spacial score (nSPS) is 12.4. The number of amides is 1. The number of aromatic hydroxyl groups is 2. The molecule has 0 saturated heterocycles. The second-order valence-corrected chi connectivity index (χ2v) is 10.0. The SMILES string of the molecule is Cc1ccc(CNC(=O)Cc2cccc(CC(C)(C)NC[C@H](O)c3cc(O)cc(O)c3)c2)cc1Cl. The highest BCUT2D eigenvalue weighted by atomic mass is 35.5. The number of aliphatic hydroxyl groups is 1. The van der Waals surface area contributed by atoms with Crippen LogP contribution in [0.5, 0.6) is 11.5 Å². The van der Waals surface area contributed by atoms with Crippen LogP contribution in [0, 0.1) is 6.92 Å². The number of rotatable bonds is 10. The molecule has 0 unspecified atom stereocenters. The van der Waals surface area contributed by atoms with Gasteiger partial charge in [-0.15, -0.1) is 0 Å².